The topological polar surface area (TPSA) is 39.7 Å². The molecule has 0 unspecified atom stereocenters. The van der Waals surface area contributed by atoms with E-state index in [2.05, 4.69) is 124 Å². The van der Waals surface area contributed by atoms with Crippen LogP contribution in [0.15, 0.2) is 114 Å². The van der Waals surface area contributed by atoms with Crippen LogP contribution >= 0.6 is 0 Å². The number of hydrogen-bond donors (Lipinski definition) is 0. The molecule has 0 bridgehead atoms. The predicted octanol–water partition coefficient (Wildman–Crippen LogP) is 8.36. The van der Waals surface area contributed by atoms with Crippen molar-refractivity contribution in [1.29, 1.82) is 0 Å². The van der Waals surface area contributed by atoms with Gasteiger partial charge in [0.2, 0.25) is 11.0 Å². The summed E-state index contributed by atoms with van der Waals surface area (Å²) in [4.78, 5) is 17.0. The van der Waals surface area contributed by atoms with Gasteiger partial charge < -0.3 is 9.32 Å². The standard InChI is InChI=1S/C43H40N3O2/c1-29(47)30-18-22-44(23-19-30)28-33-10-2-5-11-36(33)43-37-16-14-34(45-24-20-31-8-3-6-12-39(31)45)26-41(37)48-42-27-35(15-17-38(42)43)46-25-21-32-9-4-7-13-40(32)46/h2-17,26-27,30H,18-25,28H2,1H3/q+1. The second-order valence-corrected chi connectivity index (χ2v) is 13.7. The lowest BCUT2D eigenvalue weighted by Gasteiger charge is -2.31. The van der Waals surface area contributed by atoms with Gasteiger partial charge in [-0.2, -0.15) is 4.58 Å². The van der Waals surface area contributed by atoms with Gasteiger partial charge in [0, 0.05) is 77.1 Å². The van der Waals surface area contributed by atoms with Crippen LogP contribution in [-0.4, -0.2) is 36.9 Å². The van der Waals surface area contributed by atoms with Crippen LogP contribution in [0.3, 0.4) is 0 Å². The number of piperidine rings is 1. The SMILES string of the molecule is CC(=O)C1CCN(Cc2ccccc2-c2c3ccc(=[N+]4CCc5ccccc54)cc-3oc3cc(N4CCc5ccccc54)ccc23)CC1. The lowest BCUT2D eigenvalue weighted by molar-refractivity contribution is -0.122. The van der Waals surface area contributed by atoms with E-state index in [1.54, 1.807) is 6.92 Å². The van der Waals surface area contributed by atoms with Crippen molar-refractivity contribution < 1.29 is 9.21 Å². The summed E-state index contributed by atoms with van der Waals surface area (Å²) in [6.45, 7) is 6.44. The van der Waals surface area contributed by atoms with Crippen LogP contribution in [0.5, 0.6) is 0 Å². The van der Waals surface area contributed by atoms with Crippen molar-refractivity contribution in [3.63, 3.8) is 0 Å². The van der Waals surface area contributed by atoms with E-state index in [4.69, 9.17) is 4.42 Å². The van der Waals surface area contributed by atoms with Crippen molar-refractivity contribution in [3.05, 3.63) is 131 Å². The van der Waals surface area contributed by atoms with Gasteiger partial charge in [-0.3, -0.25) is 9.69 Å². The summed E-state index contributed by atoms with van der Waals surface area (Å²) in [5.41, 5.74) is 12.3. The van der Waals surface area contributed by atoms with Crippen molar-refractivity contribution in [2.24, 2.45) is 5.92 Å². The quantitative estimate of drug-likeness (QED) is 0.142. The predicted molar refractivity (Wildman–Crippen MR) is 194 cm³/mol. The molecule has 238 valence electrons. The fraction of sp³-hybridized carbons (Fsp3) is 0.256. The van der Waals surface area contributed by atoms with E-state index in [0.717, 1.165) is 91.7 Å². The van der Waals surface area contributed by atoms with Gasteiger partial charge in [0.1, 0.15) is 17.1 Å². The van der Waals surface area contributed by atoms with Gasteiger partial charge in [0.15, 0.2) is 6.54 Å². The third-order valence-electron chi connectivity index (χ3n) is 10.9. The molecule has 4 aliphatic heterocycles. The number of anilines is 2. The minimum atomic E-state index is 0.202. The minimum absolute atomic E-state index is 0.202. The molecule has 4 heterocycles. The zero-order valence-electron chi connectivity index (χ0n) is 27.5. The Morgan fingerprint density at radius 2 is 1.58 bits per heavy atom. The molecule has 1 aliphatic carbocycles. The maximum Gasteiger partial charge on any atom is 0.209 e. The summed E-state index contributed by atoms with van der Waals surface area (Å²) in [6.07, 6.45) is 3.98. The van der Waals surface area contributed by atoms with Gasteiger partial charge in [0.25, 0.3) is 0 Å². The van der Waals surface area contributed by atoms with Crippen molar-refractivity contribution in [2.45, 2.75) is 39.2 Å². The Labute approximate surface area is 281 Å². The molecular formula is C43H40N3O2+. The minimum Gasteiger partial charge on any atom is -0.456 e. The largest absolute Gasteiger partial charge is 0.456 e. The van der Waals surface area contributed by atoms with E-state index in [0.29, 0.717) is 5.78 Å². The van der Waals surface area contributed by atoms with Gasteiger partial charge in [-0.15, -0.1) is 0 Å². The van der Waals surface area contributed by atoms with Crippen LogP contribution in [-0.2, 0) is 24.2 Å². The smallest absolute Gasteiger partial charge is 0.209 e. The molecule has 0 radical (unpaired) electrons. The van der Waals surface area contributed by atoms with E-state index in [1.807, 2.05) is 0 Å². The zero-order valence-corrected chi connectivity index (χ0v) is 27.5. The maximum atomic E-state index is 12.1. The first kappa shape index (κ1) is 29.2. The molecule has 0 amide bonds. The molecule has 4 aromatic carbocycles. The molecule has 0 saturated carbocycles. The second kappa shape index (κ2) is 11.9. The van der Waals surface area contributed by atoms with Crippen LogP contribution < -0.4 is 14.8 Å². The average Bonchev–Trinajstić information content (AvgIpc) is 3.76. The Hall–Kier alpha value is -5.00. The molecule has 5 aliphatic rings. The monoisotopic (exact) mass is 630 g/mol. The number of benzene rings is 5. The summed E-state index contributed by atoms with van der Waals surface area (Å²) in [7, 11) is 0. The number of ketones is 1. The molecule has 0 spiro atoms. The van der Waals surface area contributed by atoms with Crippen LogP contribution in [0.2, 0.25) is 0 Å². The first-order valence-corrected chi connectivity index (χ1v) is 17.5. The molecule has 4 aromatic rings. The molecular weight excluding hydrogens is 590 g/mol. The van der Waals surface area contributed by atoms with E-state index in [-0.39, 0.29) is 5.92 Å². The fourth-order valence-electron chi connectivity index (χ4n) is 8.35. The highest BCUT2D eigenvalue weighted by atomic mass is 16.3. The number of hydrogen-bond acceptors (Lipinski definition) is 4. The third kappa shape index (κ3) is 5.05. The zero-order chi connectivity index (χ0) is 32.2. The third-order valence-corrected chi connectivity index (χ3v) is 10.9. The molecule has 1 fully saturated rings. The normalized spacial score (nSPS) is 17.6. The van der Waals surface area contributed by atoms with Gasteiger partial charge in [-0.25, -0.2) is 0 Å². The summed E-state index contributed by atoms with van der Waals surface area (Å²) in [5.74, 6) is 1.43. The fourth-order valence-corrected chi connectivity index (χ4v) is 8.35. The number of likely N-dealkylation sites (tertiary alicyclic amines) is 1. The van der Waals surface area contributed by atoms with Gasteiger partial charge in [-0.1, -0.05) is 60.7 Å². The van der Waals surface area contributed by atoms with Gasteiger partial charge in [0.05, 0.1) is 6.07 Å². The number of fused-ring (bicyclic) bond motifs is 4. The van der Waals surface area contributed by atoms with E-state index in [1.165, 1.54) is 39.2 Å². The molecule has 0 N–H and O–H groups in total. The number of carbonyl (C=O) groups is 1. The number of carbonyl (C=O) groups excluding carboxylic acids is 1. The molecule has 0 atom stereocenters. The molecule has 5 nitrogen and oxygen atoms in total. The number of rotatable bonds is 5. The highest BCUT2D eigenvalue weighted by Crippen LogP contribution is 2.44. The first-order valence-electron chi connectivity index (χ1n) is 17.5. The number of Topliss-reactive ketones (excluding diaryl/α,β-unsaturated/α-hetero) is 1. The van der Waals surface area contributed by atoms with Crippen molar-refractivity contribution in [1.82, 2.24) is 9.48 Å². The number of para-hydroxylation sites is 2. The number of nitrogens with zero attached hydrogens (tertiary/aromatic N) is 3. The van der Waals surface area contributed by atoms with Crippen LogP contribution in [0.4, 0.5) is 17.1 Å². The summed E-state index contributed by atoms with van der Waals surface area (Å²) >= 11 is 0. The Balaban J connectivity index is 1.21. The van der Waals surface area contributed by atoms with E-state index in [9.17, 15) is 4.79 Å². The maximum absolute atomic E-state index is 12.1. The summed E-state index contributed by atoms with van der Waals surface area (Å²) in [6, 6.07) is 39.9. The lowest BCUT2D eigenvalue weighted by Crippen LogP contribution is -2.35. The first-order chi connectivity index (χ1) is 23.6. The van der Waals surface area contributed by atoms with Gasteiger partial charge >= 0.3 is 0 Å². The van der Waals surface area contributed by atoms with E-state index >= 15 is 0 Å². The highest BCUT2D eigenvalue weighted by molar-refractivity contribution is 6.03. The van der Waals surface area contributed by atoms with Crippen LogP contribution in [0, 0.1) is 5.92 Å². The Morgan fingerprint density at radius 1 is 0.792 bits per heavy atom. The lowest BCUT2D eigenvalue weighted by atomic mass is 9.89. The summed E-state index contributed by atoms with van der Waals surface area (Å²) in [5, 5.41) is 2.29. The molecule has 1 saturated heterocycles. The molecule has 0 aromatic heterocycles. The Kier molecular flexibility index (Phi) is 7.23. The highest BCUT2D eigenvalue weighted by Gasteiger charge is 2.28. The van der Waals surface area contributed by atoms with Crippen molar-refractivity contribution in [3.8, 4) is 22.5 Å². The van der Waals surface area contributed by atoms with Crippen LogP contribution in [0.25, 0.3) is 33.4 Å². The van der Waals surface area contributed by atoms with Crippen LogP contribution in [0.1, 0.15) is 36.5 Å². The van der Waals surface area contributed by atoms with E-state index < -0.39 is 0 Å². The average molecular weight is 631 g/mol. The van der Waals surface area contributed by atoms with Crippen molar-refractivity contribution >= 4 is 33.8 Å². The van der Waals surface area contributed by atoms with Gasteiger partial charge in [-0.05, 0) is 80.2 Å². The second-order valence-electron chi connectivity index (χ2n) is 13.7. The molecule has 9 rings (SSSR count). The molecule has 5 heteroatoms. The molecule has 48 heavy (non-hydrogen) atoms. The Morgan fingerprint density at radius 3 is 2.46 bits per heavy atom. The summed E-state index contributed by atoms with van der Waals surface area (Å²) < 4.78 is 9.33. The van der Waals surface area contributed by atoms with Crippen molar-refractivity contribution in [2.75, 3.05) is 31.1 Å². The Bertz CT molecular complexity index is 2240.